The van der Waals surface area contributed by atoms with E-state index in [-0.39, 0.29) is 18.1 Å². The van der Waals surface area contributed by atoms with Gasteiger partial charge < -0.3 is 9.64 Å². The highest BCUT2D eigenvalue weighted by atomic mass is 32.2. The average Bonchev–Trinajstić information content (AvgIpc) is 2.88. The highest BCUT2D eigenvalue weighted by Gasteiger charge is 2.25. The van der Waals surface area contributed by atoms with Gasteiger partial charge in [0.1, 0.15) is 0 Å². The molecular formula is C13H24N2O4S. The molecule has 0 radical (unpaired) electrons. The molecule has 2 fully saturated rings. The summed E-state index contributed by atoms with van der Waals surface area (Å²) in [5.74, 6) is 0.165. The van der Waals surface area contributed by atoms with Crippen LogP contribution in [0.2, 0.25) is 0 Å². The Morgan fingerprint density at radius 1 is 1.30 bits per heavy atom. The van der Waals surface area contributed by atoms with Crippen molar-refractivity contribution in [2.24, 2.45) is 0 Å². The molecule has 6 nitrogen and oxygen atoms in total. The molecule has 1 N–H and O–H groups in total. The minimum Gasteiger partial charge on any atom is -0.378 e. The molecule has 2 aliphatic rings. The van der Waals surface area contributed by atoms with E-state index in [1.165, 1.54) is 6.26 Å². The highest BCUT2D eigenvalue weighted by molar-refractivity contribution is 7.88. The van der Waals surface area contributed by atoms with Crippen LogP contribution in [0.3, 0.4) is 0 Å². The zero-order valence-electron chi connectivity index (χ0n) is 12.0. The van der Waals surface area contributed by atoms with Gasteiger partial charge >= 0.3 is 0 Å². The number of nitrogens with one attached hydrogen (secondary N) is 1. The molecule has 2 heterocycles. The summed E-state index contributed by atoms with van der Waals surface area (Å²) < 4.78 is 30.4. The average molecular weight is 304 g/mol. The van der Waals surface area contributed by atoms with Crippen LogP contribution < -0.4 is 4.72 Å². The number of ether oxygens (including phenoxy) is 1. The summed E-state index contributed by atoms with van der Waals surface area (Å²) in [4.78, 5) is 13.9. The molecule has 0 unspecified atom stereocenters. The van der Waals surface area contributed by atoms with Crippen molar-refractivity contribution in [3.8, 4) is 0 Å². The number of hydrogen-bond acceptors (Lipinski definition) is 4. The molecule has 1 amide bonds. The van der Waals surface area contributed by atoms with Crippen LogP contribution in [-0.4, -0.2) is 57.3 Å². The maximum atomic E-state index is 12.1. The molecule has 0 bridgehead atoms. The van der Waals surface area contributed by atoms with Gasteiger partial charge in [0.25, 0.3) is 0 Å². The Kier molecular flexibility index (Phi) is 5.40. The van der Waals surface area contributed by atoms with Crippen molar-refractivity contribution >= 4 is 15.9 Å². The van der Waals surface area contributed by atoms with Crippen LogP contribution in [0.4, 0.5) is 0 Å². The smallest absolute Gasteiger partial charge is 0.222 e. The van der Waals surface area contributed by atoms with E-state index in [2.05, 4.69) is 4.72 Å². The number of carbonyl (C=O) groups excluding carboxylic acids is 1. The molecule has 7 heteroatoms. The fourth-order valence-corrected chi connectivity index (χ4v) is 3.71. The summed E-state index contributed by atoms with van der Waals surface area (Å²) in [5, 5.41) is 0. The summed E-state index contributed by atoms with van der Waals surface area (Å²) in [6, 6.07) is -0.0350. The maximum Gasteiger partial charge on any atom is 0.222 e. The first-order valence-corrected chi connectivity index (χ1v) is 9.20. The lowest BCUT2D eigenvalue weighted by Crippen LogP contribution is -2.46. The standard InChI is InChI=1S/C13H24N2O4S/c1-20(17,18)14-11-6-8-15(9-7-11)13(16)5-4-12-3-2-10-19-12/h11-12,14H,2-10H2,1H3/t12-/m1/s1. The molecule has 2 aliphatic heterocycles. The normalized spacial score (nSPS) is 25.1. The fourth-order valence-electron chi connectivity index (χ4n) is 2.86. The predicted octanol–water partition coefficient (Wildman–Crippen LogP) is 0.486. The maximum absolute atomic E-state index is 12.1. The van der Waals surface area contributed by atoms with Gasteiger partial charge in [-0.25, -0.2) is 13.1 Å². The van der Waals surface area contributed by atoms with Crippen LogP contribution >= 0.6 is 0 Å². The van der Waals surface area contributed by atoms with Crippen molar-refractivity contribution in [2.75, 3.05) is 26.0 Å². The Bertz CT molecular complexity index is 424. The van der Waals surface area contributed by atoms with Gasteiger partial charge in [-0.3, -0.25) is 4.79 Å². The number of sulfonamides is 1. The molecule has 2 saturated heterocycles. The van der Waals surface area contributed by atoms with Gasteiger partial charge in [-0.2, -0.15) is 0 Å². The monoisotopic (exact) mass is 304 g/mol. The minimum absolute atomic E-state index is 0.0350. The highest BCUT2D eigenvalue weighted by Crippen LogP contribution is 2.18. The van der Waals surface area contributed by atoms with E-state index >= 15 is 0 Å². The van der Waals surface area contributed by atoms with Crippen LogP contribution in [0.5, 0.6) is 0 Å². The SMILES string of the molecule is CS(=O)(=O)NC1CCN(C(=O)CC[C@H]2CCCO2)CC1. The van der Waals surface area contributed by atoms with E-state index in [0.717, 1.165) is 25.9 Å². The van der Waals surface area contributed by atoms with Crippen molar-refractivity contribution in [1.29, 1.82) is 0 Å². The number of hydrogen-bond donors (Lipinski definition) is 1. The summed E-state index contributed by atoms with van der Waals surface area (Å²) in [6.45, 7) is 2.09. The van der Waals surface area contributed by atoms with Gasteiger partial charge in [-0.15, -0.1) is 0 Å². The van der Waals surface area contributed by atoms with Crippen LogP contribution in [0.15, 0.2) is 0 Å². The zero-order valence-corrected chi connectivity index (χ0v) is 12.8. The number of carbonyl (C=O) groups is 1. The second kappa shape index (κ2) is 6.87. The molecule has 0 aromatic heterocycles. The van der Waals surface area contributed by atoms with Crippen molar-refractivity contribution < 1.29 is 17.9 Å². The predicted molar refractivity (Wildman–Crippen MR) is 75.8 cm³/mol. The minimum atomic E-state index is -3.15. The molecule has 0 saturated carbocycles. The van der Waals surface area contributed by atoms with Gasteiger partial charge in [0.2, 0.25) is 15.9 Å². The van der Waals surface area contributed by atoms with Crippen molar-refractivity contribution in [3.05, 3.63) is 0 Å². The Balaban J connectivity index is 1.68. The lowest BCUT2D eigenvalue weighted by Gasteiger charge is -2.32. The number of nitrogens with zero attached hydrogens (tertiary/aromatic N) is 1. The van der Waals surface area contributed by atoms with E-state index in [1.54, 1.807) is 0 Å². The van der Waals surface area contributed by atoms with Crippen molar-refractivity contribution in [2.45, 2.75) is 50.7 Å². The number of amides is 1. The third kappa shape index (κ3) is 5.03. The topological polar surface area (TPSA) is 75.7 Å². The molecule has 0 spiro atoms. The lowest BCUT2D eigenvalue weighted by molar-refractivity contribution is -0.132. The van der Waals surface area contributed by atoms with Crippen LogP contribution in [0.25, 0.3) is 0 Å². The second-order valence-electron chi connectivity index (χ2n) is 5.72. The van der Waals surface area contributed by atoms with E-state index in [9.17, 15) is 13.2 Å². The molecule has 1 atom stereocenters. The van der Waals surface area contributed by atoms with E-state index < -0.39 is 10.0 Å². The van der Waals surface area contributed by atoms with Crippen molar-refractivity contribution in [3.63, 3.8) is 0 Å². The molecule has 20 heavy (non-hydrogen) atoms. The van der Waals surface area contributed by atoms with Gasteiger partial charge in [-0.1, -0.05) is 0 Å². The molecule has 0 aromatic carbocycles. The summed E-state index contributed by atoms with van der Waals surface area (Å²) in [7, 11) is -3.15. The third-order valence-corrected chi connectivity index (χ3v) is 4.69. The number of likely N-dealkylation sites (tertiary alicyclic amines) is 1. The fraction of sp³-hybridized carbons (Fsp3) is 0.923. The van der Waals surface area contributed by atoms with Gasteiger partial charge in [-0.05, 0) is 32.1 Å². The molecule has 0 aliphatic carbocycles. The molecule has 2 rings (SSSR count). The first kappa shape index (κ1) is 15.7. The van der Waals surface area contributed by atoms with E-state index in [0.29, 0.717) is 32.4 Å². The quantitative estimate of drug-likeness (QED) is 0.802. The Hall–Kier alpha value is -0.660. The lowest BCUT2D eigenvalue weighted by atomic mass is 10.0. The summed E-state index contributed by atoms with van der Waals surface area (Å²) in [5.41, 5.74) is 0. The van der Waals surface area contributed by atoms with Crippen LogP contribution in [-0.2, 0) is 19.6 Å². The Morgan fingerprint density at radius 3 is 2.55 bits per heavy atom. The molecular weight excluding hydrogens is 280 g/mol. The van der Waals surface area contributed by atoms with Gasteiger partial charge in [0.15, 0.2) is 0 Å². The Morgan fingerprint density at radius 2 is 2.00 bits per heavy atom. The van der Waals surface area contributed by atoms with Gasteiger partial charge in [0.05, 0.1) is 12.4 Å². The number of rotatable bonds is 5. The first-order chi connectivity index (χ1) is 9.44. The van der Waals surface area contributed by atoms with E-state index in [4.69, 9.17) is 4.74 Å². The van der Waals surface area contributed by atoms with Crippen LogP contribution in [0, 0.1) is 0 Å². The summed E-state index contributed by atoms with van der Waals surface area (Å²) in [6.07, 6.45) is 6.32. The second-order valence-corrected chi connectivity index (χ2v) is 7.50. The van der Waals surface area contributed by atoms with E-state index in [1.807, 2.05) is 4.90 Å². The number of piperidine rings is 1. The first-order valence-electron chi connectivity index (χ1n) is 7.31. The Labute approximate surface area is 120 Å². The van der Waals surface area contributed by atoms with Crippen molar-refractivity contribution in [1.82, 2.24) is 9.62 Å². The third-order valence-electron chi connectivity index (χ3n) is 3.93. The molecule has 0 aromatic rings. The zero-order chi connectivity index (χ0) is 14.6. The summed E-state index contributed by atoms with van der Waals surface area (Å²) >= 11 is 0. The van der Waals surface area contributed by atoms with Crippen LogP contribution in [0.1, 0.15) is 38.5 Å². The van der Waals surface area contributed by atoms with Gasteiger partial charge in [0, 0.05) is 32.2 Å². The molecule has 116 valence electrons. The largest absolute Gasteiger partial charge is 0.378 e.